The van der Waals surface area contributed by atoms with E-state index in [0.717, 1.165) is 12.8 Å². The first-order chi connectivity index (χ1) is 11.6. The van der Waals surface area contributed by atoms with E-state index in [2.05, 4.69) is 20.4 Å². The standard InChI is InChI=1S/C14H18ClN5O4/c15-14-18-11(17-6-2-1-3-6)7-4-16-20(12(7)19-14)13-10(23)9(22)8(5-21)24-13/h4,6,8-10,13,21-23H,1-3,5H2,(H,17,18,19)/t8-,9-,10-,13-/m1/s1. The van der Waals surface area contributed by atoms with Crippen molar-refractivity contribution in [1.29, 1.82) is 0 Å². The third kappa shape index (κ3) is 2.52. The zero-order valence-electron chi connectivity index (χ0n) is 12.7. The molecular weight excluding hydrogens is 338 g/mol. The third-order valence-electron chi connectivity index (χ3n) is 4.63. The number of ether oxygens (including phenoxy) is 1. The first-order valence-electron chi connectivity index (χ1n) is 7.88. The highest BCUT2D eigenvalue weighted by Crippen LogP contribution is 2.33. The maximum Gasteiger partial charge on any atom is 0.226 e. The Hall–Kier alpha value is -1.52. The summed E-state index contributed by atoms with van der Waals surface area (Å²) in [6.07, 6.45) is 0.624. The molecule has 0 aromatic carbocycles. The van der Waals surface area contributed by atoms with Crippen LogP contribution in [0.3, 0.4) is 0 Å². The summed E-state index contributed by atoms with van der Waals surface area (Å²) in [4.78, 5) is 8.41. The number of aliphatic hydroxyl groups excluding tert-OH is 3. The first kappa shape index (κ1) is 16.0. The van der Waals surface area contributed by atoms with E-state index in [0.29, 0.717) is 22.9 Å². The van der Waals surface area contributed by atoms with Crippen molar-refractivity contribution in [2.24, 2.45) is 0 Å². The predicted octanol–water partition coefficient (Wildman–Crippen LogP) is 0.0556. The highest BCUT2D eigenvalue weighted by atomic mass is 35.5. The van der Waals surface area contributed by atoms with Gasteiger partial charge in [0.2, 0.25) is 5.28 Å². The zero-order valence-corrected chi connectivity index (χ0v) is 13.5. The van der Waals surface area contributed by atoms with E-state index in [1.807, 2.05) is 0 Å². The summed E-state index contributed by atoms with van der Waals surface area (Å²) in [5.41, 5.74) is 0.395. The number of fused-ring (bicyclic) bond motifs is 1. The molecule has 3 heterocycles. The fourth-order valence-electron chi connectivity index (χ4n) is 3.02. The molecule has 24 heavy (non-hydrogen) atoms. The molecule has 0 bridgehead atoms. The van der Waals surface area contributed by atoms with Gasteiger partial charge in [0, 0.05) is 6.04 Å². The molecule has 130 valence electrons. The number of aliphatic hydroxyl groups is 3. The van der Waals surface area contributed by atoms with Crippen molar-refractivity contribution in [3.8, 4) is 0 Å². The second kappa shape index (κ2) is 6.08. The lowest BCUT2D eigenvalue weighted by Crippen LogP contribution is -2.33. The second-order valence-corrected chi connectivity index (χ2v) is 6.51. The summed E-state index contributed by atoms with van der Waals surface area (Å²) < 4.78 is 6.87. The van der Waals surface area contributed by atoms with Crippen LogP contribution in [0.15, 0.2) is 6.20 Å². The summed E-state index contributed by atoms with van der Waals surface area (Å²) in [7, 11) is 0. The Morgan fingerprint density at radius 3 is 2.71 bits per heavy atom. The zero-order chi connectivity index (χ0) is 16.8. The first-order valence-corrected chi connectivity index (χ1v) is 8.26. The van der Waals surface area contributed by atoms with Crippen LogP contribution in [0.25, 0.3) is 11.0 Å². The van der Waals surface area contributed by atoms with Gasteiger partial charge in [-0.05, 0) is 30.9 Å². The number of halogens is 1. The molecule has 4 N–H and O–H groups in total. The summed E-state index contributed by atoms with van der Waals surface area (Å²) in [5.74, 6) is 0.590. The van der Waals surface area contributed by atoms with Crippen LogP contribution >= 0.6 is 11.6 Å². The molecule has 1 saturated carbocycles. The summed E-state index contributed by atoms with van der Waals surface area (Å²) in [6.45, 7) is -0.405. The molecule has 2 aliphatic rings. The van der Waals surface area contributed by atoms with Gasteiger partial charge >= 0.3 is 0 Å². The molecule has 1 aliphatic heterocycles. The van der Waals surface area contributed by atoms with E-state index in [4.69, 9.17) is 16.3 Å². The number of hydrogen-bond donors (Lipinski definition) is 4. The second-order valence-electron chi connectivity index (χ2n) is 6.17. The number of nitrogens with one attached hydrogen (secondary N) is 1. The molecule has 10 heteroatoms. The van der Waals surface area contributed by atoms with Gasteiger partial charge < -0.3 is 25.4 Å². The number of rotatable bonds is 4. The number of hydrogen-bond acceptors (Lipinski definition) is 8. The van der Waals surface area contributed by atoms with Crippen LogP contribution in [0.4, 0.5) is 5.82 Å². The molecular formula is C14H18ClN5O4. The Labute approximate surface area is 142 Å². The quantitative estimate of drug-likeness (QED) is 0.567. The van der Waals surface area contributed by atoms with Gasteiger partial charge in [0.05, 0.1) is 18.2 Å². The molecule has 2 aromatic rings. The fourth-order valence-corrected chi connectivity index (χ4v) is 3.19. The summed E-state index contributed by atoms with van der Waals surface area (Å²) in [6, 6.07) is 0.358. The van der Waals surface area contributed by atoms with Crippen molar-refractivity contribution in [1.82, 2.24) is 19.7 Å². The minimum Gasteiger partial charge on any atom is -0.394 e. The van der Waals surface area contributed by atoms with Gasteiger partial charge in [-0.3, -0.25) is 0 Å². The van der Waals surface area contributed by atoms with E-state index >= 15 is 0 Å². The lowest BCUT2D eigenvalue weighted by Gasteiger charge is -2.27. The fraction of sp³-hybridized carbons (Fsp3) is 0.643. The molecule has 0 spiro atoms. The van der Waals surface area contributed by atoms with E-state index < -0.39 is 31.1 Å². The topological polar surface area (TPSA) is 126 Å². The maximum absolute atomic E-state index is 10.2. The van der Waals surface area contributed by atoms with Gasteiger partial charge in [-0.25, -0.2) is 4.68 Å². The number of anilines is 1. The monoisotopic (exact) mass is 355 g/mol. The Morgan fingerprint density at radius 2 is 2.08 bits per heavy atom. The molecule has 1 aliphatic carbocycles. The molecule has 9 nitrogen and oxygen atoms in total. The smallest absolute Gasteiger partial charge is 0.226 e. The highest BCUT2D eigenvalue weighted by molar-refractivity contribution is 6.28. The Morgan fingerprint density at radius 1 is 1.29 bits per heavy atom. The minimum absolute atomic E-state index is 0.0535. The van der Waals surface area contributed by atoms with Gasteiger partial charge in [-0.1, -0.05) is 0 Å². The van der Waals surface area contributed by atoms with Gasteiger partial charge in [0.15, 0.2) is 11.9 Å². The highest BCUT2D eigenvalue weighted by Gasteiger charge is 2.44. The van der Waals surface area contributed by atoms with Crippen LogP contribution < -0.4 is 5.32 Å². The average Bonchev–Trinajstić information content (AvgIpc) is 3.05. The molecule has 0 radical (unpaired) electrons. The SMILES string of the molecule is OC[C@H]1O[C@@H](n2ncc3c(NC4CCC4)nc(Cl)nc32)[C@H](O)[C@@H]1O. The molecule has 2 fully saturated rings. The predicted molar refractivity (Wildman–Crippen MR) is 84.6 cm³/mol. The lowest BCUT2D eigenvalue weighted by atomic mass is 9.93. The summed E-state index contributed by atoms with van der Waals surface area (Å²) >= 11 is 6.03. The van der Waals surface area contributed by atoms with Gasteiger partial charge in [0.1, 0.15) is 24.1 Å². The van der Waals surface area contributed by atoms with Gasteiger partial charge in [-0.15, -0.1) is 0 Å². The Bertz CT molecular complexity index is 752. The van der Waals surface area contributed by atoms with Crippen LogP contribution in [-0.2, 0) is 4.74 Å². The van der Waals surface area contributed by atoms with Crippen LogP contribution in [0.1, 0.15) is 25.5 Å². The van der Waals surface area contributed by atoms with Crippen molar-refractivity contribution in [2.45, 2.75) is 49.8 Å². The molecule has 0 unspecified atom stereocenters. The van der Waals surface area contributed by atoms with Crippen LogP contribution in [-0.4, -0.2) is 66.0 Å². The molecule has 1 saturated heterocycles. The van der Waals surface area contributed by atoms with Crippen LogP contribution in [0, 0.1) is 0 Å². The van der Waals surface area contributed by atoms with Crippen molar-refractivity contribution < 1.29 is 20.1 Å². The van der Waals surface area contributed by atoms with E-state index in [9.17, 15) is 15.3 Å². The Kier molecular flexibility index (Phi) is 4.05. The summed E-state index contributed by atoms with van der Waals surface area (Å²) in [5, 5.41) is 37.6. The average molecular weight is 356 g/mol. The van der Waals surface area contributed by atoms with Gasteiger partial charge in [-0.2, -0.15) is 15.1 Å². The van der Waals surface area contributed by atoms with E-state index in [1.165, 1.54) is 11.1 Å². The number of nitrogens with zero attached hydrogens (tertiary/aromatic N) is 4. The molecule has 4 atom stereocenters. The molecule has 0 amide bonds. The third-order valence-corrected chi connectivity index (χ3v) is 4.80. The van der Waals surface area contributed by atoms with Crippen molar-refractivity contribution in [3.63, 3.8) is 0 Å². The van der Waals surface area contributed by atoms with Crippen LogP contribution in [0.5, 0.6) is 0 Å². The lowest BCUT2D eigenvalue weighted by molar-refractivity contribution is -0.0566. The largest absolute Gasteiger partial charge is 0.394 e. The number of aromatic nitrogens is 4. The van der Waals surface area contributed by atoms with Gasteiger partial charge in [0.25, 0.3) is 0 Å². The van der Waals surface area contributed by atoms with Crippen molar-refractivity contribution in [2.75, 3.05) is 11.9 Å². The normalized spacial score (nSPS) is 30.7. The molecule has 2 aromatic heterocycles. The van der Waals surface area contributed by atoms with Crippen LogP contribution in [0.2, 0.25) is 5.28 Å². The maximum atomic E-state index is 10.2. The van der Waals surface area contributed by atoms with Crippen molar-refractivity contribution in [3.05, 3.63) is 11.5 Å². The van der Waals surface area contributed by atoms with Crippen molar-refractivity contribution >= 4 is 28.5 Å². The minimum atomic E-state index is -1.23. The molecule has 4 rings (SSSR count). The Balaban J connectivity index is 1.72. The van der Waals surface area contributed by atoms with E-state index in [-0.39, 0.29) is 5.28 Å². The van der Waals surface area contributed by atoms with E-state index in [1.54, 1.807) is 6.20 Å².